The summed E-state index contributed by atoms with van der Waals surface area (Å²) in [6, 6.07) is 3.95. The Balaban J connectivity index is 1.78. The number of aromatic nitrogens is 2. The largest absolute Gasteiger partial charge is 0.326 e. The van der Waals surface area contributed by atoms with Crippen molar-refractivity contribution in [2.45, 2.75) is 25.8 Å². The first-order valence-electron chi connectivity index (χ1n) is 6.93. The van der Waals surface area contributed by atoms with E-state index in [1.165, 1.54) is 0 Å². The van der Waals surface area contributed by atoms with Crippen LogP contribution in [-0.2, 0) is 22.8 Å². The summed E-state index contributed by atoms with van der Waals surface area (Å²) < 4.78 is 24.9. The number of nitrogens with two attached hydrogens (primary N) is 1. The summed E-state index contributed by atoms with van der Waals surface area (Å²) in [6.07, 6.45) is 6.34. The molecular formula is C14H19N3O2S. The zero-order chi connectivity index (χ0) is 14.2. The lowest BCUT2D eigenvalue weighted by Gasteiger charge is -2.20. The van der Waals surface area contributed by atoms with Crippen LogP contribution in [0.2, 0.25) is 0 Å². The molecule has 0 amide bonds. The van der Waals surface area contributed by atoms with Crippen LogP contribution in [0, 0.1) is 5.92 Å². The molecule has 3 rings (SSSR count). The Kier molecular flexibility index (Phi) is 3.52. The standard InChI is InChI=1S/C14H19N3O2S/c15-9-12-2-1-5-17-10-13(16-14(12)17)8-11-3-6-20(18,19)7-4-11/h1-2,5,10-11H,3-4,6-9,15H2. The minimum absolute atomic E-state index is 0.319. The molecule has 2 aromatic rings. The van der Waals surface area contributed by atoms with E-state index in [1.807, 2.05) is 28.9 Å². The van der Waals surface area contributed by atoms with Gasteiger partial charge in [-0.05, 0) is 31.2 Å². The van der Waals surface area contributed by atoms with Crippen molar-refractivity contribution in [3.63, 3.8) is 0 Å². The molecule has 2 aromatic heterocycles. The first-order chi connectivity index (χ1) is 9.57. The van der Waals surface area contributed by atoms with Gasteiger partial charge in [0.1, 0.15) is 15.5 Å². The van der Waals surface area contributed by atoms with Gasteiger partial charge in [0, 0.05) is 24.5 Å². The predicted octanol–water partition coefficient (Wildman–Crippen LogP) is 1.16. The highest BCUT2D eigenvalue weighted by atomic mass is 32.2. The van der Waals surface area contributed by atoms with E-state index in [-0.39, 0.29) is 0 Å². The van der Waals surface area contributed by atoms with Crippen molar-refractivity contribution in [1.82, 2.24) is 9.38 Å². The lowest BCUT2D eigenvalue weighted by molar-refractivity contribution is 0.459. The molecule has 2 N–H and O–H groups in total. The molecule has 0 radical (unpaired) electrons. The minimum atomic E-state index is -2.79. The van der Waals surface area contributed by atoms with Crippen molar-refractivity contribution in [2.24, 2.45) is 11.7 Å². The van der Waals surface area contributed by atoms with E-state index in [4.69, 9.17) is 5.73 Å². The van der Waals surface area contributed by atoms with Crippen molar-refractivity contribution in [1.29, 1.82) is 0 Å². The van der Waals surface area contributed by atoms with Gasteiger partial charge < -0.3 is 10.1 Å². The SMILES string of the molecule is NCc1cccn2cc(CC3CCS(=O)(=O)CC3)nc12. The van der Waals surface area contributed by atoms with Crippen molar-refractivity contribution in [2.75, 3.05) is 11.5 Å². The molecule has 1 aliphatic rings. The molecule has 20 heavy (non-hydrogen) atoms. The van der Waals surface area contributed by atoms with Crippen molar-refractivity contribution < 1.29 is 8.42 Å². The molecule has 5 nitrogen and oxygen atoms in total. The predicted molar refractivity (Wildman–Crippen MR) is 78.2 cm³/mol. The summed E-state index contributed by atoms with van der Waals surface area (Å²) in [5.74, 6) is 1.06. The van der Waals surface area contributed by atoms with Gasteiger partial charge in [-0.1, -0.05) is 6.07 Å². The summed E-state index contributed by atoms with van der Waals surface area (Å²) >= 11 is 0. The molecule has 1 aliphatic heterocycles. The molecule has 0 saturated carbocycles. The summed E-state index contributed by atoms with van der Waals surface area (Å²) in [5, 5.41) is 0. The Morgan fingerprint density at radius 2 is 2.10 bits per heavy atom. The number of sulfone groups is 1. The van der Waals surface area contributed by atoms with Crippen LogP contribution >= 0.6 is 0 Å². The second kappa shape index (κ2) is 5.18. The highest BCUT2D eigenvalue weighted by Crippen LogP contribution is 2.23. The van der Waals surface area contributed by atoms with Gasteiger partial charge in [-0.25, -0.2) is 13.4 Å². The Hall–Kier alpha value is -1.40. The molecule has 108 valence electrons. The maximum atomic E-state index is 11.4. The number of pyridine rings is 1. The monoisotopic (exact) mass is 293 g/mol. The van der Waals surface area contributed by atoms with E-state index in [0.29, 0.717) is 24.0 Å². The molecule has 0 atom stereocenters. The van der Waals surface area contributed by atoms with E-state index in [9.17, 15) is 8.42 Å². The Labute approximate surface area is 118 Å². The zero-order valence-corrected chi connectivity index (χ0v) is 12.1. The van der Waals surface area contributed by atoms with E-state index < -0.39 is 9.84 Å². The first kappa shape index (κ1) is 13.6. The third-order valence-electron chi connectivity index (χ3n) is 4.01. The smallest absolute Gasteiger partial charge is 0.150 e. The van der Waals surface area contributed by atoms with Crippen LogP contribution in [0.1, 0.15) is 24.1 Å². The third kappa shape index (κ3) is 2.71. The van der Waals surface area contributed by atoms with Crippen LogP contribution in [0.25, 0.3) is 5.65 Å². The number of imidazole rings is 1. The topological polar surface area (TPSA) is 77.5 Å². The van der Waals surface area contributed by atoms with Crippen LogP contribution in [0.5, 0.6) is 0 Å². The van der Waals surface area contributed by atoms with Crippen LogP contribution in [0.4, 0.5) is 0 Å². The average molecular weight is 293 g/mol. The maximum Gasteiger partial charge on any atom is 0.150 e. The second-order valence-corrected chi connectivity index (χ2v) is 7.80. The average Bonchev–Trinajstić information content (AvgIpc) is 2.83. The maximum absolute atomic E-state index is 11.4. The summed E-state index contributed by atoms with van der Waals surface area (Å²) in [6.45, 7) is 0.475. The molecule has 0 aliphatic carbocycles. The number of fused-ring (bicyclic) bond motifs is 1. The van der Waals surface area contributed by atoms with E-state index in [1.54, 1.807) is 0 Å². The molecule has 1 saturated heterocycles. The second-order valence-electron chi connectivity index (χ2n) is 5.50. The quantitative estimate of drug-likeness (QED) is 0.921. The Morgan fingerprint density at radius 3 is 2.80 bits per heavy atom. The fourth-order valence-electron chi connectivity index (χ4n) is 2.82. The summed E-state index contributed by atoms with van der Waals surface area (Å²) in [7, 11) is -2.79. The summed E-state index contributed by atoms with van der Waals surface area (Å²) in [4.78, 5) is 4.65. The number of nitrogens with zero attached hydrogens (tertiary/aromatic N) is 2. The minimum Gasteiger partial charge on any atom is -0.326 e. The molecule has 6 heteroatoms. The van der Waals surface area contributed by atoms with Gasteiger partial charge >= 0.3 is 0 Å². The summed E-state index contributed by atoms with van der Waals surface area (Å²) in [5.41, 5.74) is 8.69. The molecule has 1 fully saturated rings. The molecule has 0 aromatic carbocycles. The lowest BCUT2D eigenvalue weighted by atomic mass is 9.97. The van der Waals surface area contributed by atoms with Gasteiger partial charge in [-0.2, -0.15) is 0 Å². The van der Waals surface area contributed by atoms with Gasteiger partial charge in [0.15, 0.2) is 0 Å². The number of hydrogen-bond donors (Lipinski definition) is 1. The van der Waals surface area contributed by atoms with Gasteiger partial charge in [-0.3, -0.25) is 0 Å². The fourth-order valence-corrected chi connectivity index (χ4v) is 4.41. The van der Waals surface area contributed by atoms with Crippen molar-refractivity contribution >= 4 is 15.5 Å². The van der Waals surface area contributed by atoms with Crippen molar-refractivity contribution in [3.8, 4) is 0 Å². The lowest BCUT2D eigenvalue weighted by Crippen LogP contribution is -2.24. The fraction of sp³-hybridized carbons (Fsp3) is 0.500. The molecule has 3 heterocycles. The van der Waals surface area contributed by atoms with Crippen LogP contribution in [-0.4, -0.2) is 29.3 Å². The van der Waals surface area contributed by atoms with Gasteiger partial charge in [0.2, 0.25) is 0 Å². The van der Waals surface area contributed by atoms with Gasteiger partial charge in [0.05, 0.1) is 17.2 Å². The Bertz CT molecular complexity index is 707. The van der Waals surface area contributed by atoms with Crippen LogP contribution in [0.3, 0.4) is 0 Å². The molecule has 0 unspecified atom stereocenters. The van der Waals surface area contributed by atoms with E-state index in [2.05, 4.69) is 4.98 Å². The molecule has 0 bridgehead atoms. The first-order valence-corrected chi connectivity index (χ1v) is 8.75. The highest BCUT2D eigenvalue weighted by molar-refractivity contribution is 7.91. The Morgan fingerprint density at radius 1 is 1.35 bits per heavy atom. The van der Waals surface area contributed by atoms with E-state index in [0.717, 1.165) is 36.2 Å². The van der Waals surface area contributed by atoms with Gasteiger partial charge in [-0.15, -0.1) is 0 Å². The van der Waals surface area contributed by atoms with E-state index >= 15 is 0 Å². The normalized spacial score (nSPS) is 19.4. The van der Waals surface area contributed by atoms with Crippen LogP contribution < -0.4 is 5.73 Å². The van der Waals surface area contributed by atoms with Gasteiger partial charge in [0.25, 0.3) is 0 Å². The number of hydrogen-bond acceptors (Lipinski definition) is 4. The highest BCUT2D eigenvalue weighted by Gasteiger charge is 2.24. The van der Waals surface area contributed by atoms with Crippen LogP contribution in [0.15, 0.2) is 24.5 Å². The number of rotatable bonds is 3. The molecule has 0 spiro atoms. The zero-order valence-electron chi connectivity index (χ0n) is 11.3. The third-order valence-corrected chi connectivity index (χ3v) is 5.72. The molecular weight excluding hydrogens is 274 g/mol. The van der Waals surface area contributed by atoms with Crippen molar-refractivity contribution in [3.05, 3.63) is 35.8 Å².